The number of amides is 1. The quantitative estimate of drug-likeness (QED) is 0.228. The van der Waals surface area contributed by atoms with Crippen LogP contribution in [0, 0.1) is 0 Å². The standard InChI is InChI=1S/C27H39F3N4O/c1-4-5-6-7-8-9-10-11-12-13-17-33-18-16-21-19-22(14-15-24(21)33)34-25(35)23(20-32(2)3)31-26(34)27(28,29)30/h14-15,19-20H,4-13,16-18H2,1-3H3/b23-20-. The van der Waals surface area contributed by atoms with E-state index in [0.717, 1.165) is 37.2 Å². The van der Waals surface area contributed by atoms with Gasteiger partial charge in [0.1, 0.15) is 5.70 Å². The second kappa shape index (κ2) is 12.5. The van der Waals surface area contributed by atoms with Crippen LogP contribution in [0.2, 0.25) is 0 Å². The van der Waals surface area contributed by atoms with E-state index in [-0.39, 0.29) is 11.4 Å². The largest absolute Gasteiger partial charge is 0.450 e. The minimum Gasteiger partial charge on any atom is -0.382 e. The second-order valence-electron chi connectivity index (χ2n) is 9.78. The Bertz CT molecular complexity index is 923. The van der Waals surface area contributed by atoms with E-state index in [9.17, 15) is 18.0 Å². The third-order valence-corrected chi connectivity index (χ3v) is 6.59. The number of hydrogen-bond acceptors (Lipinski definition) is 4. The lowest BCUT2D eigenvalue weighted by Crippen LogP contribution is -2.41. The average Bonchev–Trinajstić information content (AvgIpc) is 3.35. The molecule has 0 bridgehead atoms. The summed E-state index contributed by atoms with van der Waals surface area (Å²) < 4.78 is 41.0. The number of halogens is 3. The van der Waals surface area contributed by atoms with Crippen molar-refractivity contribution in [3.8, 4) is 0 Å². The van der Waals surface area contributed by atoms with Crippen LogP contribution in [-0.2, 0) is 11.2 Å². The minimum absolute atomic E-state index is 0.216. The number of anilines is 2. The third-order valence-electron chi connectivity index (χ3n) is 6.59. The number of alkyl halides is 3. The molecule has 0 aromatic heterocycles. The number of fused-ring (bicyclic) bond motifs is 1. The smallest absolute Gasteiger partial charge is 0.382 e. The van der Waals surface area contributed by atoms with E-state index >= 15 is 0 Å². The van der Waals surface area contributed by atoms with Gasteiger partial charge in [-0.1, -0.05) is 64.7 Å². The zero-order valence-electron chi connectivity index (χ0n) is 21.3. The predicted molar refractivity (Wildman–Crippen MR) is 137 cm³/mol. The average molecular weight is 493 g/mol. The molecule has 1 aromatic rings. The van der Waals surface area contributed by atoms with Crippen LogP contribution in [0.5, 0.6) is 0 Å². The maximum absolute atomic E-state index is 13.7. The monoisotopic (exact) mass is 492 g/mol. The molecule has 0 fully saturated rings. The van der Waals surface area contributed by atoms with Crippen molar-refractivity contribution >= 4 is 23.1 Å². The first-order chi connectivity index (χ1) is 16.7. The summed E-state index contributed by atoms with van der Waals surface area (Å²) in [6, 6.07) is 5.17. The number of benzene rings is 1. The van der Waals surface area contributed by atoms with Crippen molar-refractivity contribution in [3.63, 3.8) is 0 Å². The molecule has 0 saturated carbocycles. The number of nitrogens with zero attached hydrogens (tertiary/aromatic N) is 4. The molecule has 2 aliphatic heterocycles. The van der Waals surface area contributed by atoms with Crippen LogP contribution in [0.1, 0.15) is 76.7 Å². The highest BCUT2D eigenvalue weighted by molar-refractivity contribution is 6.29. The van der Waals surface area contributed by atoms with E-state index in [0.29, 0.717) is 4.90 Å². The summed E-state index contributed by atoms with van der Waals surface area (Å²) in [6.45, 7) is 4.05. The van der Waals surface area contributed by atoms with Gasteiger partial charge in [0.2, 0.25) is 5.84 Å². The molecule has 0 saturated heterocycles. The molecule has 0 aliphatic carbocycles. The van der Waals surface area contributed by atoms with Crippen LogP contribution in [0.25, 0.3) is 0 Å². The highest BCUT2D eigenvalue weighted by Gasteiger charge is 2.48. The summed E-state index contributed by atoms with van der Waals surface area (Å²) in [4.78, 5) is 20.9. The van der Waals surface area contributed by atoms with Crippen molar-refractivity contribution in [3.05, 3.63) is 35.7 Å². The summed E-state index contributed by atoms with van der Waals surface area (Å²) in [5.74, 6) is -1.94. The van der Waals surface area contributed by atoms with E-state index in [2.05, 4.69) is 16.8 Å². The lowest BCUT2D eigenvalue weighted by Gasteiger charge is -2.22. The molecule has 3 rings (SSSR count). The Hall–Kier alpha value is -2.51. The van der Waals surface area contributed by atoms with E-state index in [1.807, 2.05) is 6.07 Å². The normalized spacial score (nSPS) is 16.9. The van der Waals surface area contributed by atoms with E-state index in [1.165, 1.54) is 68.9 Å². The molecule has 0 atom stereocenters. The summed E-state index contributed by atoms with van der Waals surface area (Å²) in [6.07, 6.45) is 10.2. The number of amidine groups is 1. The molecule has 0 unspecified atom stereocenters. The predicted octanol–water partition coefficient (Wildman–Crippen LogP) is 6.68. The Morgan fingerprint density at radius 3 is 2.23 bits per heavy atom. The molecule has 5 nitrogen and oxygen atoms in total. The topological polar surface area (TPSA) is 39.1 Å². The fraction of sp³-hybridized carbons (Fsp3) is 0.630. The first-order valence-electron chi connectivity index (χ1n) is 13.0. The van der Waals surface area contributed by atoms with Crippen molar-refractivity contribution in [2.45, 2.75) is 83.7 Å². The molecule has 35 heavy (non-hydrogen) atoms. The van der Waals surface area contributed by atoms with Crippen LogP contribution >= 0.6 is 0 Å². The molecule has 0 N–H and O–H groups in total. The molecule has 194 valence electrons. The van der Waals surface area contributed by atoms with Gasteiger partial charge < -0.3 is 9.80 Å². The molecule has 2 heterocycles. The number of aliphatic imine (C=N–C) groups is 1. The molecule has 1 aromatic carbocycles. The zero-order valence-corrected chi connectivity index (χ0v) is 21.3. The van der Waals surface area contributed by atoms with Gasteiger partial charge in [0.05, 0.1) is 5.69 Å². The lowest BCUT2D eigenvalue weighted by molar-refractivity contribution is -0.114. The third kappa shape index (κ3) is 7.24. The van der Waals surface area contributed by atoms with Gasteiger partial charge >= 0.3 is 6.18 Å². The van der Waals surface area contributed by atoms with Gasteiger partial charge in [0.15, 0.2) is 0 Å². The zero-order chi connectivity index (χ0) is 25.4. The van der Waals surface area contributed by atoms with Crippen LogP contribution in [0.3, 0.4) is 0 Å². The van der Waals surface area contributed by atoms with Gasteiger partial charge in [-0.2, -0.15) is 13.2 Å². The number of unbranched alkanes of at least 4 members (excludes halogenated alkanes) is 9. The summed E-state index contributed by atoms with van der Waals surface area (Å²) in [7, 11) is 3.29. The van der Waals surface area contributed by atoms with Crippen LogP contribution in [0.4, 0.5) is 24.5 Å². The van der Waals surface area contributed by atoms with Crippen molar-refractivity contribution in [1.29, 1.82) is 0 Å². The van der Waals surface area contributed by atoms with Gasteiger partial charge in [0, 0.05) is 39.1 Å². The number of carbonyl (C=O) groups is 1. The van der Waals surface area contributed by atoms with Crippen LogP contribution in [0.15, 0.2) is 35.1 Å². The number of rotatable bonds is 13. The lowest BCUT2D eigenvalue weighted by atomic mass is 10.1. The molecule has 1 amide bonds. The molecular formula is C27H39F3N4O. The Balaban J connectivity index is 1.55. The first-order valence-corrected chi connectivity index (χ1v) is 13.0. The van der Waals surface area contributed by atoms with E-state index in [1.54, 1.807) is 26.2 Å². The van der Waals surface area contributed by atoms with Crippen LogP contribution in [-0.4, -0.2) is 50.0 Å². The van der Waals surface area contributed by atoms with Gasteiger partial charge in [-0.05, 0) is 36.6 Å². The molecule has 0 radical (unpaired) electrons. The fourth-order valence-electron chi connectivity index (χ4n) is 4.80. The van der Waals surface area contributed by atoms with E-state index in [4.69, 9.17) is 0 Å². The summed E-state index contributed by atoms with van der Waals surface area (Å²) in [5.41, 5.74) is 2.04. The Morgan fingerprint density at radius 1 is 1.00 bits per heavy atom. The fourth-order valence-corrected chi connectivity index (χ4v) is 4.80. The highest BCUT2D eigenvalue weighted by Crippen LogP contribution is 2.36. The number of carbonyl (C=O) groups excluding carboxylic acids is 1. The minimum atomic E-state index is -4.72. The van der Waals surface area contributed by atoms with Crippen molar-refractivity contribution in [2.24, 2.45) is 4.99 Å². The summed E-state index contributed by atoms with van der Waals surface area (Å²) >= 11 is 0. The van der Waals surface area contributed by atoms with Crippen molar-refractivity contribution in [1.82, 2.24) is 4.90 Å². The van der Waals surface area contributed by atoms with Crippen molar-refractivity contribution in [2.75, 3.05) is 37.0 Å². The van der Waals surface area contributed by atoms with Crippen molar-refractivity contribution < 1.29 is 18.0 Å². The van der Waals surface area contributed by atoms with Gasteiger partial charge in [0.25, 0.3) is 5.91 Å². The maximum Gasteiger partial charge on any atom is 0.450 e. The molecule has 0 spiro atoms. The Morgan fingerprint density at radius 2 is 1.63 bits per heavy atom. The Labute approximate surface area is 207 Å². The highest BCUT2D eigenvalue weighted by atomic mass is 19.4. The Kier molecular flexibility index (Phi) is 9.63. The molecular weight excluding hydrogens is 453 g/mol. The molecule has 2 aliphatic rings. The van der Waals surface area contributed by atoms with Gasteiger partial charge in [-0.15, -0.1) is 0 Å². The first kappa shape index (κ1) is 27.1. The molecule has 8 heteroatoms. The number of hydrogen-bond donors (Lipinski definition) is 0. The summed E-state index contributed by atoms with van der Waals surface area (Å²) in [5, 5.41) is 0. The SMILES string of the molecule is CCCCCCCCCCCCN1CCc2cc(N3C(=O)/C(=C/N(C)C)N=C3C(F)(F)F)ccc21. The second-order valence-corrected chi connectivity index (χ2v) is 9.78. The van der Waals surface area contributed by atoms with Gasteiger partial charge in [-0.3, -0.25) is 9.69 Å². The maximum atomic E-state index is 13.7. The van der Waals surface area contributed by atoms with Crippen LogP contribution < -0.4 is 9.80 Å². The van der Waals surface area contributed by atoms with E-state index < -0.39 is 17.9 Å². The van der Waals surface area contributed by atoms with Gasteiger partial charge in [-0.25, -0.2) is 4.99 Å².